The highest BCUT2D eigenvalue weighted by Gasteiger charge is 2.55. The van der Waals surface area contributed by atoms with Gasteiger partial charge in [-0.1, -0.05) is 19.0 Å². The first-order chi connectivity index (χ1) is 7.10. The molecule has 3 aliphatic carbocycles. The van der Waals surface area contributed by atoms with E-state index in [2.05, 4.69) is 19.0 Å². The van der Waals surface area contributed by atoms with E-state index in [-0.39, 0.29) is 0 Å². The van der Waals surface area contributed by atoms with Crippen LogP contribution in [0, 0.1) is 17.3 Å². The number of nitrogen functional groups attached to an aromatic ring is 1. The van der Waals surface area contributed by atoms with Crippen molar-refractivity contribution in [3.05, 3.63) is 12.0 Å². The van der Waals surface area contributed by atoms with Gasteiger partial charge in [-0.3, -0.25) is 0 Å². The van der Waals surface area contributed by atoms with Crippen molar-refractivity contribution in [1.29, 1.82) is 0 Å². The molecule has 0 saturated heterocycles. The van der Waals surface area contributed by atoms with Crippen LogP contribution in [0.1, 0.15) is 44.8 Å². The largest absolute Gasteiger partial charge is 0.395 e. The summed E-state index contributed by atoms with van der Waals surface area (Å²) < 4.78 is 5.32. The molecule has 3 unspecified atom stereocenters. The number of fused-ring (bicyclic) bond motifs is 2. The molecule has 15 heavy (non-hydrogen) atoms. The minimum absolute atomic E-state index is 0.474. The van der Waals surface area contributed by atoms with E-state index in [4.69, 9.17) is 10.3 Å². The summed E-state index contributed by atoms with van der Waals surface area (Å²) in [7, 11) is 0. The number of nitrogens with zero attached hydrogens (tertiary/aromatic N) is 1. The predicted octanol–water partition coefficient (Wildman–Crippen LogP) is 2.80. The van der Waals surface area contributed by atoms with E-state index in [9.17, 15) is 0 Å². The average Bonchev–Trinajstić information content (AvgIpc) is 2.64. The fraction of sp³-hybridized carbons (Fsp3) is 0.750. The fourth-order valence-electron chi connectivity index (χ4n) is 3.66. The monoisotopic (exact) mass is 206 g/mol. The first kappa shape index (κ1) is 9.25. The van der Waals surface area contributed by atoms with Crippen LogP contribution in [0.5, 0.6) is 0 Å². The normalized spacial score (nSPS) is 37.3. The third-order valence-corrected chi connectivity index (χ3v) is 4.82. The second kappa shape index (κ2) is 2.77. The van der Waals surface area contributed by atoms with Crippen molar-refractivity contribution in [1.82, 2.24) is 5.16 Å². The fourth-order valence-corrected chi connectivity index (χ4v) is 3.66. The molecular weight excluding hydrogens is 188 g/mol. The Bertz CT molecular complexity index is 381. The summed E-state index contributed by atoms with van der Waals surface area (Å²) >= 11 is 0. The highest BCUT2D eigenvalue weighted by atomic mass is 16.5. The Morgan fingerprint density at radius 2 is 2.27 bits per heavy atom. The van der Waals surface area contributed by atoms with Crippen LogP contribution >= 0.6 is 0 Å². The molecule has 2 bridgehead atoms. The van der Waals surface area contributed by atoms with Crippen molar-refractivity contribution < 1.29 is 4.52 Å². The zero-order valence-electron chi connectivity index (χ0n) is 9.36. The second-order valence-corrected chi connectivity index (χ2v) is 5.69. The van der Waals surface area contributed by atoms with Crippen molar-refractivity contribution in [2.45, 2.75) is 39.0 Å². The van der Waals surface area contributed by atoms with Gasteiger partial charge in [0.05, 0.1) is 11.9 Å². The Balaban J connectivity index is 1.92. The van der Waals surface area contributed by atoms with Crippen LogP contribution < -0.4 is 5.73 Å². The zero-order valence-corrected chi connectivity index (χ0v) is 9.36. The highest BCUT2D eigenvalue weighted by Crippen LogP contribution is 2.64. The van der Waals surface area contributed by atoms with Crippen LogP contribution in [0.4, 0.5) is 5.69 Å². The minimum atomic E-state index is 0.474. The summed E-state index contributed by atoms with van der Waals surface area (Å²) in [5.74, 6) is 3.10. The quantitative estimate of drug-likeness (QED) is 0.768. The third kappa shape index (κ3) is 1.09. The zero-order chi connectivity index (χ0) is 10.6. The second-order valence-electron chi connectivity index (χ2n) is 5.69. The lowest BCUT2D eigenvalue weighted by Gasteiger charge is -2.59. The van der Waals surface area contributed by atoms with E-state index < -0.39 is 0 Å². The lowest BCUT2D eigenvalue weighted by molar-refractivity contribution is -0.0853. The van der Waals surface area contributed by atoms with E-state index in [1.165, 1.54) is 19.3 Å². The Labute approximate surface area is 90.0 Å². The van der Waals surface area contributed by atoms with Crippen LogP contribution in [0.15, 0.2) is 10.7 Å². The summed E-state index contributed by atoms with van der Waals surface area (Å²) in [5.41, 5.74) is 7.09. The molecule has 3 nitrogen and oxygen atoms in total. The van der Waals surface area contributed by atoms with Crippen molar-refractivity contribution in [3.63, 3.8) is 0 Å². The Kier molecular flexibility index (Phi) is 1.71. The van der Waals surface area contributed by atoms with Crippen LogP contribution in [0.25, 0.3) is 0 Å². The smallest absolute Gasteiger partial charge is 0.162 e. The number of aromatic nitrogens is 1. The maximum atomic E-state index is 5.88. The molecule has 0 amide bonds. The van der Waals surface area contributed by atoms with Gasteiger partial charge in [0, 0.05) is 5.92 Å². The number of nitrogens with two attached hydrogens (primary N) is 1. The van der Waals surface area contributed by atoms with Crippen LogP contribution in [0.3, 0.4) is 0 Å². The van der Waals surface area contributed by atoms with Crippen LogP contribution in [-0.2, 0) is 0 Å². The van der Waals surface area contributed by atoms with Gasteiger partial charge in [0.25, 0.3) is 0 Å². The van der Waals surface area contributed by atoms with Crippen LogP contribution in [0.2, 0.25) is 0 Å². The number of hydrogen-bond donors (Lipinski definition) is 1. The molecule has 3 atom stereocenters. The van der Waals surface area contributed by atoms with Gasteiger partial charge >= 0.3 is 0 Å². The van der Waals surface area contributed by atoms with Crippen molar-refractivity contribution in [2.24, 2.45) is 17.3 Å². The van der Waals surface area contributed by atoms with Crippen molar-refractivity contribution in [2.75, 3.05) is 5.73 Å². The van der Waals surface area contributed by atoms with Gasteiger partial charge in [-0.05, 0) is 36.5 Å². The summed E-state index contributed by atoms with van der Waals surface area (Å²) in [4.78, 5) is 0. The lowest BCUT2D eigenvalue weighted by Crippen LogP contribution is -2.51. The van der Waals surface area contributed by atoms with Gasteiger partial charge < -0.3 is 10.3 Å². The van der Waals surface area contributed by atoms with E-state index >= 15 is 0 Å². The maximum absolute atomic E-state index is 5.88. The van der Waals surface area contributed by atoms with Crippen molar-refractivity contribution >= 4 is 5.69 Å². The first-order valence-corrected chi connectivity index (χ1v) is 5.80. The summed E-state index contributed by atoms with van der Waals surface area (Å²) in [5, 5.41) is 3.80. The molecule has 1 aromatic rings. The minimum Gasteiger partial charge on any atom is -0.395 e. The van der Waals surface area contributed by atoms with Crippen LogP contribution in [-0.4, -0.2) is 5.16 Å². The topological polar surface area (TPSA) is 52.0 Å². The van der Waals surface area contributed by atoms with E-state index in [0.717, 1.165) is 23.3 Å². The molecular formula is C12H18N2O. The number of rotatable bonds is 1. The molecule has 0 aliphatic heterocycles. The predicted molar refractivity (Wildman–Crippen MR) is 58.3 cm³/mol. The van der Waals surface area contributed by atoms with Gasteiger partial charge in [-0.25, -0.2) is 0 Å². The van der Waals surface area contributed by atoms with E-state index in [1.807, 2.05) is 0 Å². The Hall–Kier alpha value is -0.990. The molecule has 1 heterocycles. The number of anilines is 1. The van der Waals surface area contributed by atoms with Gasteiger partial charge in [-0.2, -0.15) is 0 Å². The van der Waals surface area contributed by atoms with Gasteiger partial charge in [-0.15, -0.1) is 0 Å². The Morgan fingerprint density at radius 1 is 1.47 bits per heavy atom. The highest BCUT2D eigenvalue weighted by molar-refractivity contribution is 5.41. The van der Waals surface area contributed by atoms with E-state index in [1.54, 1.807) is 6.20 Å². The molecule has 3 saturated carbocycles. The molecule has 2 N–H and O–H groups in total. The van der Waals surface area contributed by atoms with Gasteiger partial charge in [0.15, 0.2) is 5.76 Å². The summed E-state index contributed by atoms with van der Waals surface area (Å²) in [6, 6.07) is 0. The average molecular weight is 206 g/mol. The SMILES string of the molecule is CC1(C)C2CCC(c3oncc3N)C1C2. The molecule has 3 aliphatic rings. The molecule has 0 spiro atoms. The maximum Gasteiger partial charge on any atom is 0.162 e. The van der Waals surface area contributed by atoms with Gasteiger partial charge in [0.1, 0.15) is 0 Å². The molecule has 3 heteroatoms. The standard InChI is InChI=1S/C12H18N2O/c1-12(2)7-3-4-8(9(12)5-7)11-10(13)6-14-15-11/h6-9H,3-5,13H2,1-2H3. The molecule has 0 aromatic carbocycles. The van der Waals surface area contributed by atoms with E-state index in [0.29, 0.717) is 11.3 Å². The Morgan fingerprint density at radius 3 is 2.80 bits per heavy atom. The van der Waals surface area contributed by atoms with Gasteiger partial charge in [0.2, 0.25) is 0 Å². The lowest BCUT2D eigenvalue weighted by atomic mass is 9.45. The molecule has 3 fully saturated rings. The molecule has 4 rings (SSSR count). The molecule has 82 valence electrons. The first-order valence-electron chi connectivity index (χ1n) is 5.80. The number of hydrogen-bond acceptors (Lipinski definition) is 3. The summed E-state index contributed by atoms with van der Waals surface area (Å²) in [6.45, 7) is 4.76. The summed E-state index contributed by atoms with van der Waals surface area (Å²) in [6.07, 6.45) is 5.51. The molecule has 1 aromatic heterocycles. The molecule has 0 radical (unpaired) electrons. The van der Waals surface area contributed by atoms with Crippen molar-refractivity contribution in [3.8, 4) is 0 Å². The third-order valence-electron chi connectivity index (χ3n) is 4.82.